The third-order valence-corrected chi connectivity index (χ3v) is 1.83. The lowest BCUT2D eigenvalue weighted by molar-refractivity contribution is 0.152. The number of aliphatic hydroxyl groups excluding tert-OH is 1. The molecule has 1 aromatic heterocycles. The van der Waals surface area contributed by atoms with Gasteiger partial charge in [0.05, 0.1) is 0 Å². The molecule has 1 rings (SSSR count). The average Bonchev–Trinajstić information content (AvgIpc) is 2.56. The van der Waals surface area contributed by atoms with E-state index >= 15 is 0 Å². The lowest BCUT2D eigenvalue weighted by atomic mass is 10.4. The molecule has 1 unspecified atom stereocenters. The van der Waals surface area contributed by atoms with Crippen LogP contribution < -0.4 is 4.90 Å². The van der Waals surface area contributed by atoms with Gasteiger partial charge in [0.1, 0.15) is 6.10 Å². The Hall–Kier alpha value is -1.10. The van der Waals surface area contributed by atoms with E-state index in [1.54, 1.807) is 6.92 Å². The van der Waals surface area contributed by atoms with Crippen LogP contribution in [0.5, 0.6) is 0 Å². The summed E-state index contributed by atoms with van der Waals surface area (Å²) in [6, 6.07) is 0. The predicted octanol–water partition coefficient (Wildman–Crippen LogP) is 0.969. The van der Waals surface area contributed by atoms with Gasteiger partial charge in [-0.15, -0.1) is 0 Å². The van der Waals surface area contributed by atoms with Crippen molar-refractivity contribution in [2.24, 2.45) is 0 Å². The van der Waals surface area contributed by atoms with Gasteiger partial charge in [0.15, 0.2) is 0 Å². The van der Waals surface area contributed by atoms with Crippen molar-refractivity contribution >= 4 is 5.95 Å². The Morgan fingerprint density at radius 3 is 2.46 bits per heavy atom. The van der Waals surface area contributed by atoms with Gasteiger partial charge < -0.3 is 14.5 Å². The van der Waals surface area contributed by atoms with E-state index in [-0.39, 0.29) is 5.89 Å². The Balaban J connectivity index is 2.78. The van der Waals surface area contributed by atoms with E-state index in [4.69, 9.17) is 9.63 Å². The van der Waals surface area contributed by atoms with Gasteiger partial charge in [-0.25, -0.2) is 0 Å². The van der Waals surface area contributed by atoms with Crippen LogP contribution in [0.2, 0.25) is 0 Å². The van der Waals surface area contributed by atoms with E-state index in [9.17, 15) is 0 Å². The standard InChI is InChI=1S/C8H15N3O2/c1-4-11(5-2)8-9-7(6(3)12)13-10-8/h6,12H,4-5H2,1-3H3. The molecule has 0 bridgehead atoms. The maximum atomic E-state index is 9.15. The molecular weight excluding hydrogens is 170 g/mol. The Labute approximate surface area is 77.4 Å². The Morgan fingerprint density at radius 1 is 1.46 bits per heavy atom. The third kappa shape index (κ3) is 2.18. The van der Waals surface area contributed by atoms with Crippen LogP contribution in [-0.4, -0.2) is 28.3 Å². The number of rotatable bonds is 4. The molecule has 1 heterocycles. The summed E-state index contributed by atoms with van der Waals surface area (Å²) >= 11 is 0. The van der Waals surface area contributed by atoms with Gasteiger partial charge >= 0.3 is 0 Å². The number of anilines is 1. The van der Waals surface area contributed by atoms with Crippen LogP contribution in [0.3, 0.4) is 0 Å². The molecule has 0 amide bonds. The molecule has 5 nitrogen and oxygen atoms in total. The van der Waals surface area contributed by atoms with Crippen molar-refractivity contribution in [3.8, 4) is 0 Å². The maximum absolute atomic E-state index is 9.15. The van der Waals surface area contributed by atoms with Gasteiger partial charge in [0, 0.05) is 13.1 Å². The highest BCUT2D eigenvalue weighted by Crippen LogP contribution is 2.13. The summed E-state index contributed by atoms with van der Waals surface area (Å²) in [6.45, 7) is 7.29. The number of aromatic nitrogens is 2. The first kappa shape index (κ1) is 9.98. The highest BCUT2D eigenvalue weighted by Gasteiger charge is 2.13. The molecule has 0 saturated heterocycles. The Kier molecular flexibility index (Phi) is 3.25. The first-order valence-electron chi connectivity index (χ1n) is 4.45. The Morgan fingerprint density at radius 2 is 2.08 bits per heavy atom. The molecule has 1 N–H and O–H groups in total. The average molecular weight is 185 g/mol. The zero-order valence-corrected chi connectivity index (χ0v) is 8.19. The van der Waals surface area contributed by atoms with Crippen molar-refractivity contribution in [1.29, 1.82) is 0 Å². The van der Waals surface area contributed by atoms with E-state index in [1.165, 1.54) is 0 Å². The van der Waals surface area contributed by atoms with Gasteiger partial charge in [-0.1, -0.05) is 0 Å². The lowest BCUT2D eigenvalue weighted by Gasteiger charge is -2.14. The number of hydrogen-bond donors (Lipinski definition) is 1. The van der Waals surface area contributed by atoms with E-state index in [1.807, 2.05) is 18.7 Å². The van der Waals surface area contributed by atoms with Crippen molar-refractivity contribution in [3.05, 3.63) is 5.89 Å². The van der Waals surface area contributed by atoms with Crippen LogP contribution in [0.1, 0.15) is 32.8 Å². The summed E-state index contributed by atoms with van der Waals surface area (Å²) in [6.07, 6.45) is -0.697. The minimum absolute atomic E-state index is 0.266. The molecule has 13 heavy (non-hydrogen) atoms. The summed E-state index contributed by atoms with van der Waals surface area (Å²) in [5, 5.41) is 12.9. The summed E-state index contributed by atoms with van der Waals surface area (Å²) in [7, 11) is 0. The molecule has 74 valence electrons. The molecule has 0 fully saturated rings. The van der Waals surface area contributed by atoms with Crippen LogP contribution in [-0.2, 0) is 0 Å². The second-order valence-corrected chi connectivity index (χ2v) is 2.78. The third-order valence-electron chi connectivity index (χ3n) is 1.83. The SMILES string of the molecule is CCN(CC)c1noc(C(C)O)n1. The number of hydrogen-bond acceptors (Lipinski definition) is 5. The molecule has 0 aliphatic heterocycles. The van der Waals surface area contributed by atoms with Gasteiger partial charge in [-0.05, 0) is 25.9 Å². The Bertz CT molecular complexity index is 256. The first-order chi connectivity index (χ1) is 6.19. The second kappa shape index (κ2) is 4.23. The largest absolute Gasteiger partial charge is 0.384 e. The molecule has 0 radical (unpaired) electrons. The fourth-order valence-corrected chi connectivity index (χ4v) is 1.03. The topological polar surface area (TPSA) is 62.4 Å². The van der Waals surface area contributed by atoms with Gasteiger partial charge in [-0.2, -0.15) is 4.98 Å². The predicted molar refractivity (Wildman–Crippen MR) is 48.5 cm³/mol. The monoisotopic (exact) mass is 185 g/mol. The number of aliphatic hydroxyl groups is 1. The van der Waals surface area contributed by atoms with Gasteiger partial charge in [0.25, 0.3) is 11.8 Å². The van der Waals surface area contributed by atoms with Crippen molar-refractivity contribution in [1.82, 2.24) is 10.1 Å². The minimum Gasteiger partial charge on any atom is -0.384 e. The van der Waals surface area contributed by atoms with Crippen LogP contribution >= 0.6 is 0 Å². The van der Waals surface area contributed by atoms with E-state index in [0.717, 1.165) is 13.1 Å². The first-order valence-corrected chi connectivity index (χ1v) is 4.45. The second-order valence-electron chi connectivity index (χ2n) is 2.78. The van der Waals surface area contributed by atoms with E-state index in [0.29, 0.717) is 5.95 Å². The minimum atomic E-state index is -0.697. The molecule has 0 spiro atoms. The van der Waals surface area contributed by atoms with E-state index < -0.39 is 6.10 Å². The molecule has 0 saturated carbocycles. The van der Waals surface area contributed by atoms with Gasteiger partial charge in [0.2, 0.25) is 0 Å². The fourth-order valence-electron chi connectivity index (χ4n) is 1.03. The molecule has 0 aliphatic carbocycles. The zero-order valence-electron chi connectivity index (χ0n) is 8.19. The number of nitrogens with zero attached hydrogens (tertiary/aromatic N) is 3. The molecule has 1 atom stereocenters. The van der Waals surface area contributed by atoms with Crippen LogP contribution in [0.25, 0.3) is 0 Å². The fraction of sp³-hybridized carbons (Fsp3) is 0.750. The zero-order chi connectivity index (χ0) is 9.84. The van der Waals surface area contributed by atoms with Crippen molar-refractivity contribution in [2.75, 3.05) is 18.0 Å². The summed E-state index contributed by atoms with van der Waals surface area (Å²) in [5.41, 5.74) is 0. The quantitative estimate of drug-likeness (QED) is 0.757. The molecule has 1 aromatic rings. The van der Waals surface area contributed by atoms with Crippen molar-refractivity contribution < 1.29 is 9.63 Å². The van der Waals surface area contributed by atoms with Crippen LogP contribution in [0.4, 0.5) is 5.95 Å². The lowest BCUT2D eigenvalue weighted by Crippen LogP contribution is -2.23. The van der Waals surface area contributed by atoms with Crippen molar-refractivity contribution in [3.63, 3.8) is 0 Å². The van der Waals surface area contributed by atoms with Crippen molar-refractivity contribution in [2.45, 2.75) is 26.9 Å². The molecular formula is C8H15N3O2. The van der Waals surface area contributed by atoms with Crippen LogP contribution in [0, 0.1) is 0 Å². The maximum Gasteiger partial charge on any atom is 0.266 e. The summed E-state index contributed by atoms with van der Waals surface area (Å²) in [4.78, 5) is 6.00. The normalized spacial score (nSPS) is 12.9. The summed E-state index contributed by atoms with van der Waals surface area (Å²) in [5.74, 6) is 0.808. The van der Waals surface area contributed by atoms with Crippen LogP contribution in [0.15, 0.2) is 4.52 Å². The highest BCUT2D eigenvalue weighted by molar-refractivity contribution is 5.26. The summed E-state index contributed by atoms with van der Waals surface area (Å²) < 4.78 is 4.86. The molecule has 5 heteroatoms. The smallest absolute Gasteiger partial charge is 0.266 e. The molecule has 0 aliphatic rings. The van der Waals surface area contributed by atoms with E-state index in [2.05, 4.69) is 10.1 Å². The highest BCUT2D eigenvalue weighted by atomic mass is 16.5. The van der Waals surface area contributed by atoms with Gasteiger partial charge in [-0.3, -0.25) is 0 Å². The molecule has 0 aromatic carbocycles.